The summed E-state index contributed by atoms with van der Waals surface area (Å²) in [4.78, 5) is 23.4. The van der Waals surface area contributed by atoms with Crippen LogP contribution in [0.2, 0.25) is 0 Å². The quantitative estimate of drug-likeness (QED) is 0.898. The zero-order valence-electron chi connectivity index (χ0n) is 11.3. The third-order valence-corrected chi connectivity index (χ3v) is 4.18. The third-order valence-electron chi connectivity index (χ3n) is 4.18. The lowest BCUT2D eigenvalue weighted by molar-refractivity contribution is -0.143. The Labute approximate surface area is 117 Å². The van der Waals surface area contributed by atoms with Crippen molar-refractivity contribution in [3.05, 3.63) is 34.9 Å². The Morgan fingerprint density at radius 1 is 1.30 bits per heavy atom. The minimum absolute atomic E-state index is 0.0373. The maximum atomic E-state index is 12.3. The van der Waals surface area contributed by atoms with E-state index in [1.165, 1.54) is 0 Å². The van der Waals surface area contributed by atoms with E-state index >= 15 is 0 Å². The van der Waals surface area contributed by atoms with E-state index in [0.29, 0.717) is 6.42 Å². The number of carboxylic acids is 1. The van der Waals surface area contributed by atoms with Crippen LogP contribution >= 0.6 is 0 Å². The Kier molecular flexibility index (Phi) is 3.08. The van der Waals surface area contributed by atoms with Gasteiger partial charge in [-0.1, -0.05) is 11.6 Å². The van der Waals surface area contributed by atoms with Crippen molar-refractivity contribution >= 4 is 17.3 Å². The van der Waals surface area contributed by atoms with Crippen molar-refractivity contribution < 1.29 is 19.4 Å². The Bertz CT molecular complexity index is 627. The molecule has 0 bridgehead atoms. The van der Waals surface area contributed by atoms with E-state index in [1.54, 1.807) is 7.11 Å². The monoisotopic (exact) mass is 272 g/mol. The van der Waals surface area contributed by atoms with Crippen molar-refractivity contribution in [1.29, 1.82) is 0 Å². The van der Waals surface area contributed by atoms with Crippen LogP contribution in [0.5, 0.6) is 5.75 Å². The molecule has 20 heavy (non-hydrogen) atoms. The molecule has 0 aliphatic heterocycles. The summed E-state index contributed by atoms with van der Waals surface area (Å²) in [5.74, 6) is -0.671. The molecule has 1 atom stereocenters. The molecule has 0 fully saturated rings. The van der Waals surface area contributed by atoms with Crippen molar-refractivity contribution in [2.24, 2.45) is 5.92 Å². The molecule has 2 aliphatic carbocycles. The van der Waals surface area contributed by atoms with E-state index < -0.39 is 11.9 Å². The molecule has 0 radical (unpaired) electrons. The van der Waals surface area contributed by atoms with Crippen LogP contribution < -0.4 is 4.74 Å². The third kappa shape index (κ3) is 2.01. The number of allylic oxidation sites excluding steroid dienone is 2. The highest BCUT2D eigenvalue weighted by Gasteiger charge is 2.34. The number of aryl methyl sites for hydroxylation is 1. The maximum Gasteiger partial charge on any atom is 0.307 e. The standard InChI is InChI=1S/C16H16O4/c1-20-12-4-5-13-9(7-12)2-3-10-6-11(16(18)19)8-14(17)15(10)13/h4-5,7,11H,2-3,6,8H2,1H3,(H,18,19). The van der Waals surface area contributed by atoms with E-state index in [-0.39, 0.29) is 12.2 Å². The van der Waals surface area contributed by atoms with E-state index in [9.17, 15) is 9.59 Å². The van der Waals surface area contributed by atoms with Crippen molar-refractivity contribution in [3.8, 4) is 5.75 Å². The summed E-state index contributed by atoms with van der Waals surface area (Å²) in [6.07, 6.45) is 2.22. The first-order chi connectivity index (χ1) is 9.60. The highest BCUT2D eigenvalue weighted by molar-refractivity contribution is 6.23. The first-order valence-corrected chi connectivity index (χ1v) is 6.75. The van der Waals surface area contributed by atoms with Crippen LogP contribution in [-0.4, -0.2) is 24.0 Å². The van der Waals surface area contributed by atoms with Gasteiger partial charge in [-0.15, -0.1) is 0 Å². The molecule has 1 aromatic rings. The number of hydrogen-bond acceptors (Lipinski definition) is 3. The summed E-state index contributed by atoms with van der Waals surface area (Å²) >= 11 is 0. The predicted octanol–water partition coefficient (Wildman–Crippen LogP) is 2.46. The summed E-state index contributed by atoms with van der Waals surface area (Å²) in [6, 6.07) is 5.74. The number of Topliss-reactive ketones (excluding diaryl/α,β-unsaturated/α-hetero) is 1. The first kappa shape index (κ1) is 12.9. The molecule has 0 saturated heterocycles. The number of ketones is 1. The molecular weight excluding hydrogens is 256 g/mol. The van der Waals surface area contributed by atoms with Gasteiger partial charge in [0, 0.05) is 12.0 Å². The normalized spacial score (nSPS) is 21.2. The van der Waals surface area contributed by atoms with Gasteiger partial charge in [0.15, 0.2) is 5.78 Å². The van der Waals surface area contributed by atoms with Gasteiger partial charge in [0.2, 0.25) is 0 Å². The summed E-state index contributed by atoms with van der Waals surface area (Å²) in [7, 11) is 1.62. The second-order valence-electron chi connectivity index (χ2n) is 5.37. The van der Waals surface area contributed by atoms with Crippen LogP contribution in [0.3, 0.4) is 0 Å². The molecule has 0 amide bonds. The average Bonchev–Trinajstić information content (AvgIpc) is 2.45. The van der Waals surface area contributed by atoms with E-state index in [2.05, 4.69) is 0 Å². The molecule has 1 aromatic carbocycles. The van der Waals surface area contributed by atoms with Crippen LogP contribution in [0.4, 0.5) is 0 Å². The highest BCUT2D eigenvalue weighted by atomic mass is 16.5. The van der Waals surface area contributed by atoms with Crippen molar-refractivity contribution in [2.75, 3.05) is 7.11 Å². The van der Waals surface area contributed by atoms with Gasteiger partial charge in [-0.05, 0) is 42.5 Å². The molecule has 104 valence electrons. The average molecular weight is 272 g/mol. The van der Waals surface area contributed by atoms with Crippen molar-refractivity contribution in [2.45, 2.75) is 25.7 Å². The number of carbonyl (C=O) groups is 2. The molecule has 0 saturated carbocycles. The lowest BCUT2D eigenvalue weighted by Crippen LogP contribution is -2.26. The Hall–Kier alpha value is -2.10. The minimum atomic E-state index is -0.870. The van der Waals surface area contributed by atoms with Crippen molar-refractivity contribution in [3.63, 3.8) is 0 Å². The zero-order valence-corrected chi connectivity index (χ0v) is 11.3. The van der Waals surface area contributed by atoms with Crippen LogP contribution in [0.25, 0.3) is 5.57 Å². The summed E-state index contributed by atoms with van der Waals surface area (Å²) in [5, 5.41) is 9.12. The van der Waals surface area contributed by atoms with Gasteiger partial charge in [-0.25, -0.2) is 0 Å². The van der Waals surface area contributed by atoms with Gasteiger partial charge >= 0.3 is 5.97 Å². The lowest BCUT2D eigenvalue weighted by atomic mass is 9.74. The molecule has 2 aliphatic rings. The molecule has 0 aromatic heterocycles. The van der Waals surface area contributed by atoms with Crippen LogP contribution in [0.1, 0.15) is 30.4 Å². The second kappa shape index (κ2) is 4.78. The predicted molar refractivity (Wildman–Crippen MR) is 73.6 cm³/mol. The zero-order chi connectivity index (χ0) is 14.3. The largest absolute Gasteiger partial charge is 0.497 e. The van der Waals surface area contributed by atoms with Crippen LogP contribution in [0.15, 0.2) is 23.8 Å². The van der Waals surface area contributed by atoms with E-state index in [1.807, 2.05) is 18.2 Å². The first-order valence-electron chi connectivity index (χ1n) is 6.75. The number of aliphatic carboxylic acids is 1. The maximum absolute atomic E-state index is 12.3. The molecule has 4 heteroatoms. The number of hydrogen-bond donors (Lipinski definition) is 1. The Balaban J connectivity index is 2.04. The number of fused-ring (bicyclic) bond motifs is 2. The van der Waals surface area contributed by atoms with Gasteiger partial charge in [0.1, 0.15) is 5.75 Å². The molecule has 0 spiro atoms. The minimum Gasteiger partial charge on any atom is -0.497 e. The van der Waals surface area contributed by atoms with E-state index in [0.717, 1.165) is 40.9 Å². The van der Waals surface area contributed by atoms with Gasteiger partial charge in [-0.2, -0.15) is 0 Å². The lowest BCUT2D eigenvalue weighted by Gasteiger charge is -2.29. The smallest absolute Gasteiger partial charge is 0.307 e. The number of ether oxygens (including phenoxy) is 1. The molecular formula is C16H16O4. The topological polar surface area (TPSA) is 63.6 Å². The van der Waals surface area contributed by atoms with Crippen molar-refractivity contribution in [1.82, 2.24) is 0 Å². The summed E-state index contributed by atoms with van der Waals surface area (Å²) in [5.41, 5.74) is 3.84. The Morgan fingerprint density at radius 3 is 2.80 bits per heavy atom. The highest BCUT2D eigenvalue weighted by Crippen LogP contribution is 2.41. The van der Waals surface area contributed by atoms with Gasteiger partial charge < -0.3 is 9.84 Å². The van der Waals surface area contributed by atoms with Crippen LogP contribution in [0, 0.1) is 5.92 Å². The van der Waals surface area contributed by atoms with Gasteiger partial charge in [0.25, 0.3) is 0 Å². The SMILES string of the molecule is COc1ccc2c(c1)CCC1=C2C(=O)CC(C(=O)O)C1. The molecule has 1 N–H and O–H groups in total. The second-order valence-corrected chi connectivity index (χ2v) is 5.37. The number of rotatable bonds is 2. The fraction of sp³-hybridized carbons (Fsp3) is 0.375. The van der Waals surface area contributed by atoms with Gasteiger partial charge in [0.05, 0.1) is 13.0 Å². The molecule has 1 unspecified atom stereocenters. The fourth-order valence-corrected chi connectivity index (χ4v) is 3.17. The number of carbonyl (C=O) groups excluding carboxylic acids is 1. The van der Waals surface area contributed by atoms with Crippen LogP contribution in [-0.2, 0) is 16.0 Å². The van der Waals surface area contributed by atoms with E-state index in [4.69, 9.17) is 9.84 Å². The fourth-order valence-electron chi connectivity index (χ4n) is 3.17. The summed E-state index contributed by atoms with van der Waals surface area (Å²) in [6.45, 7) is 0. The number of benzene rings is 1. The molecule has 4 nitrogen and oxygen atoms in total. The number of carboxylic acid groups (broad SMARTS) is 1. The molecule has 0 heterocycles. The summed E-state index contributed by atoms with van der Waals surface area (Å²) < 4.78 is 5.21. The Morgan fingerprint density at radius 2 is 2.10 bits per heavy atom. The van der Waals surface area contributed by atoms with Gasteiger partial charge in [-0.3, -0.25) is 9.59 Å². The molecule has 3 rings (SSSR count). The number of methoxy groups -OCH3 is 1.